The first-order valence-electron chi connectivity index (χ1n) is 5.21. The summed E-state index contributed by atoms with van der Waals surface area (Å²) >= 11 is 0. The Kier molecular flexibility index (Phi) is 2.67. The van der Waals surface area contributed by atoms with Crippen LogP contribution in [0.5, 0.6) is 0 Å². The van der Waals surface area contributed by atoms with Gasteiger partial charge in [-0.25, -0.2) is 14.5 Å². The summed E-state index contributed by atoms with van der Waals surface area (Å²) in [5.41, 5.74) is 0.519. The molecule has 5 nitrogen and oxygen atoms in total. The summed E-state index contributed by atoms with van der Waals surface area (Å²) in [6.45, 7) is 3.56. The smallest absolute Gasteiger partial charge is 0.336 e. The summed E-state index contributed by atoms with van der Waals surface area (Å²) < 4.78 is 1.35. The van der Waals surface area contributed by atoms with Crippen molar-refractivity contribution >= 4 is 5.97 Å². The molecule has 0 amide bonds. The van der Waals surface area contributed by atoms with Gasteiger partial charge in [-0.2, -0.15) is 5.10 Å². The van der Waals surface area contributed by atoms with Crippen molar-refractivity contribution in [2.24, 2.45) is 0 Å². The van der Waals surface area contributed by atoms with Crippen molar-refractivity contribution in [2.75, 3.05) is 0 Å². The largest absolute Gasteiger partial charge is 0.479 e. The second-order valence-electron chi connectivity index (χ2n) is 4.08. The fourth-order valence-corrected chi connectivity index (χ4v) is 1.67. The number of rotatable bonds is 3. The van der Waals surface area contributed by atoms with Gasteiger partial charge in [0.25, 0.3) is 0 Å². The maximum Gasteiger partial charge on any atom is 0.336 e. The highest BCUT2D eigenvalue weighted by Gasteiger charge is 2.38. The molecule has 0 saturated heterocycles. The van der Waals surface area contributed by atoms with Gasteiger partial charge < -0.3 is 5.11 Å². The third kappa shape index (κ3) is 1.80. The molecule has 0 aliphatic heterocycles. The molecule has 2 rings (SSSR count). The molecule has 0 bridgehead atoms. The van der Waals surface area contributed by atoms with Gasteiger partial charge in [-0.3, -0.25) is 0 Å². The van der Waals surface area contributed by atoms with E-state index in [1.807, 2.05) is 19.1 Å². The van der Waals surface area contributed by atoms with Gasteiger partial charge in [-0.05, 0) is 19.4 Å². The predicted molar refractivity (Wildman–Crippen MR) is 61.6 cm³/mol. The second-order valence-corrected chi connectivity index (χ2v) is 4.08. The standard InChI is InChI=1S/C12H13N3O2/c1-9-3-5-10(6-4-9)12(2,11(16)17)15-8-13-7-14-15/h3-8H,1-2H3,(H,16,17). The minimum atomic E-state index is -1.23. The average molecular weight is 231 g/mol. The molecule has 88 valence electrons. The summed E-state index contributed by atoms with van der Waals surface area (Å²) in [6.07, 6.45) is 2.74. The molecule has 17 heavy (non-hydrogen) atoms. The van der Waals surface area contributed by atoms with Crippen LogP contribution in [0.1, 0.15) is 18.1 Å². The molecule has 0 aliphatic rings. The Morgan fingerprint density at radius 3 is 2.47 bits per heavy atom. The molecular weight excluding hydrogens is 218 g/mol. The average Bonchev–Trinajstić information content (AvgIpc) is 2.82. The zero-order valence-corrected chi connectivity index (χ0v) is 9.66. The minimum Gasteiger partial charge on any atom is -0.479 e. The molecule has 2 aromatic rings. The van der Waals surface area contributed by atoms with E-state index in [0.717, 1.165) is 5.56 Å². The Morgan fingerprint density at radius 1 is 1.35 bits per heavy atom. The number of hydrogen-bond donors (Lipinski definition) is 1. The van der Waals surface area contributed by atoms with Crippen molar-refractivity contribution in [1.82, 2.24) is 14.8 Å². The lowest BCUT2D eigenvalue weighted by molar-refractivity contribution is -0.144. The molecule has 1 aromatic heterocycles. The van der Waals surface area contributed by atoms with Crippen LogP contribution in [0, 0.1) is 6.92 Å². The van der Waals surface area contributed by atoms with E-state index in [1.165, 1.54) is 17.3 Å². The van der Waals surface area contributed by atoms with Gasteiger partial charge >= 0.3 is 5.97 Å². The normalized spacial score (nSPS) is 14.2. The summed E-state index contributed by atoms with van der Waals surface area (Å²) in [6, 6.07) is 7.36. The van der Waals surface area contributed by atoms with Crippen LogP contribution in [0.15, 0.2) is 36.9 Å². The molecular formula is C12H13N3O2. The van der Waals surface area contributed by atoms with Crippen molar-refractivity contribution in [2.45, 2.75) is 19.4 Å². The Bertz CT molecular complexity index is 519. The monoisotopic (exact) mass is 231 g/mol. The third-order valence-corrected chi connectivity index (χ3v) is 2.91. The molecule has 1 atom stereocenters. The van der Waals surface area contributed by atoms with Crippen LogP contribution in [0.3, 0.4) is 0 Å². The number of aliphatic carboxylic acids is 1. The summed E-state index contributed by atoms with van der Waals surface area (Å²) in [5, 5.41) is 13.4. The van der Waals surface area contributed by atoms with Gasteiger partial charge in [-0.15, -0.1) is 0 Å². The van der Waals surface area contributed by atoms with Crippen LogP contribution in [-0.2, 0) is 10.3 Å². The van der Waals surface area contributed by atoms with Crippen molar-refractivity contribution in [1.29, 1.82) is 0 Å². The van der Waals surface area contributed by atoms with Crippen LogP contribution in [0.4, 0.5) is 0 Å². The predicted octanol–water partition coefficient (Wildman–Crippen LogP) is 1.43. The molecule has 0 fully saturated rings. The van der Waals surface area contributed by atoms with Gasteiger partial charge in [0.2, 0.25) is 0 Å². The Balaban J connectivity index is 2.56. The Labute approximate surface area is 98.7 Å². The van der Waals surface area contributed by atoms with Gasteiger partial charge in [0.05, 0.1) is 0 Å². The summed E-state index contributed by atoms with van der Waals surface area (Å²) in [7, 11) is 0. The van der Waals surface area contributed by atoms with E-state index in [0.29, 0.717) is 5.56 Å². The third-order valence-electron chi connectivity index (χ3n) is 2.91. The van der Waals surface area contributed by atoms with E-state index in [-0.39, 0.29) is 0 Å². The zero-order valence-electron chi connectivity index (χ0n) is 9.66. The number of nitrogens with zero attached hydrogens (tertiary/aromatic N) is 3. The molecule has 0 radical (unpaired) electrons. The first-order valence-corrected chi connectivity index (χ1v) is 5.21. The number of carboxylic acid groups (broad SMARTS) is 1. The number of carbonyl (C=O) groups is 1. The zero-order chi connectivity index (χ0) is 12.5. The Hall–Kier alpha value is -2.17. The molecule has 1 aromatic carbocycles. The van der Waals surface area contributed by atoms with E-state index < -0.39 is 11.5 Å². The summed E-state index contributed by atoms with van der Waals surface area (Å²) in [5.74, 6) is -0.966. The number of hydrogen-bond acceptors (Lipinski definition) is 3. The van der Waals surface area contributed by atoms with Crippen LogP contribution < -0.4 is 0 Å². The van der Waals surface area contributed by atoms with E-state index in [2.05, 4.69) is 10.1 Å². The highest BCUT2D eigenvalue weighted by atomic mass is 16.4. The number of aryl methyl sites for hydroxylation is 1. The first-order chi connectivity index (χ1) is 8.05. The number of aromatic nitrogens is 3. The van der Waals surface area contributed by atoms with Gasteiger partial charge in [0, 0.05) is 0 Å². The van der Waals surface area contributed by atoms with Gasteiger partial charge in [-0.1, -0.05) is 29.8 Å². The minimum absolute atomic E-state index is 0.668. The van der Waals surface area contributed by atoms with Crippen LogP contribution in [-0.4, -0.2) is 25.8 Å². The van der Waals surface area contributed by atoms with Crippen molar-refractivity contribution in [3.63, 3.8) is 0 Å². The van der Waals surface area contributed by atoms with Crippen LogP contribution in [0.25, 0.3) is 0 Å². The molecule has 0 aliphatic carbocycles. The fraction of sp³-hybridized carbons (Fsp3) is 0.250. The van der Waals surface area contributed by atoms with Crippen molar-refractivity contribution in [3.05, 3.63) is 48.0 Å². The lowest BCUT2D eigenvalue weighted by Gasteiger charge is -2.25. The molecule has 1 unspecified atom stereocenters. The summed E-state index contributed by atoms with van der Waals surface area (Å²) in [4.78, 5) is 15.3. The highest BCUT2D eigenvalue weighted by molar-refractivity contribution is 5.80. The van der Waals surface area contributed by atoms with Crippen LogP contribution in [0.2, 0.25) is 0 Å². The first kappa shape index (κ1) is 11.3. The SMILES string of the molecule is Cc1ccc(C(C)(C(=O)O)n2cncn2)cc1. The molecule has 5 heteroatoms. The topological polar surface area (TPSA) is 68.0 Å². The van der Waals surface area contributed by atoms with E-state index >= 15 is 0 Å². The lowest BCUT2D eigenvalue weighted by atomic mass is 9.92. The molecule has 1 heterocycles. The molecule has 1 N–H and O–H groups in total. The quantitative estimate of drug-likeness (QED) is 0.867. The van der Waals surface area contributed by atoms with Crippen molar-refractivity contribution in [3.8, 4) is 0 Å². The Morgan fingerprint density at radius 2 is 2.00 bits per heavy atom. The maximum absolute atomic E-state index is 11.5. The van der Waals surface area contributed by atoms with Crippen molar-refractivity contribution < 1.29 is 9.90 Å². The second kappa shape index (κ2) is 4.01. The number of benzene rings is 1. The fourth-order valence-electron chi connectivity index (χ4n) is 1.67. The van der Waals surface area contributed by atoms with Gasteiger partial charge in [0.15, 0.2) is 5.54 Å². The van der Waals surface area contributed by atoms with E-state index in [1.54, 1.807) is 19.1 Å². The molecule has 0 spiro atoms. The number of carboxylic acids is 1. The maximum atomic E-state index is 11.5. The lowest BCUT2D eigenvalue weighted by Crippen LogP contribution is -2.40. The molecule has 0 saturated carbocycles. The van der Waals surface area contributed by atoms with Gasteiger partial charge in [0.1, 0.15) is 12.7 Å². The van der Waals surface area contributed by atoms with Crippen LogP contribution >= 0.6 is 0 Å². The van der Waals surface area contributed by atoms with E-state index in [4.69, 9.17) is 0 Å². The highest BCUT2D eigenvalue weighted by Crippen LogP contribution is 2.25. The van der Waals surface area contributed by atoms with E-state index in [9.17, 15) is 9.90 Å².